The largest absolute Gasteiger partial charge is 0.349 e. The van der Waals surface area contributed by atoms with Crippen molar-refractivity contribution in [3.63, 3.8) is 0 Å². The Hall–Kier alpha value is -3.19. The summed E-state index contributed by atoms with van der Waals surface area (Å²) in [7, 11) is 0. The Labute approximate surface area is 154 Å². The van der Waals surface area contributed by atoms with E-state index < -0.39 is 16.7 Å². The van der Waals surface area contributed by atoms with Crippen molar-refractivity contribution in [2.75, 3.05) is 10.2 Å². The Morgan fingerprint density at radius 2 is 1.77 bits per heavy atom. The summed E-state index contributed by atoms with van der Waals surface area (Å²) in [6, 6.07) is 10.8. The van der Waals surface area contributed by atoms with Crippen LogP contribution in [0.1, 0.15) is 11.1 Å². The predicted octanol–water partition coefficient (Wildman–Crippen LogP) is 3.65. The summed E-state index contributed by atoms with van der Waals surface area (Å²) in [5.41, 5.74) is 2.38. The third-order valence-electron chi connectivity index (χ3n) is 4.19. The summed E-state index contributed by atoms with van der Waals surface area (Å²) in [4.78, 5) is 36.4. The van der Waals surface area contributed by atoms with Gasteiger partial charge in [0.1, 0.15) is 10.7 Å². The van der Waals surface area contributed by atoms with Gasteiger partial charge in [0.15, 0.2) is 0 Å². The molecule has 8 heteroatoms. The van der Waals surface area contributed by atoms with E-state index in [0.29, 0.717) is 5.69 Å². The van der Waals surface area contributed by atoms with Gasteiger partial charge in [-0.3, -0.25) is 19.7 Å². The molecule has 0 aliphatic carbocycles. The molecule has 2 aromatic carbocycles. The number of nitro groups is 1. The van der Waals surface area contributed by atoms with E-state index in [1.807, 2.05) is 26.0 Å². The molecule has 0 saturated heterocycles. The molecule has 0 radical (unpaired) electrons. The smallest absolute Gasteiger partial charge is 0.283 e. The predicted molar refractivity (Wildman–Crippen MR) is 98.0 cm³/mol. The number of anilines is 2. The fourth-order valence-electron chi connectivity index (χ4n) is 2.61. The van der Waals surface area contributed by atoms with Crippen molar-refractivity contribution in [2.24, 2.45) is 0 Å². The van der Waals surface area contributed by atoms with Gasteiger partial charge in [0.25, 0.3) is 17.5 Å². The first kappa shape index (κ1) is 17.6. The molecule has 1 aliphatic heterocycles. The number of non-ortho nitro benzene ring substituents is 1. The molecular formula is C18H14ClN3O4. The molecule has 7 nitrogen and oxygen atoms in total. The lowest BCUT2D eigenvalue weighted by molar-refractivity contribution is -0.384. The number of halogens is 1. The van der Waals surface area contributed by atoms with Crippen LogP contribution in [0.5, 0.6) is 0 Å². The van der Waals surface area contributed by atoms with Crippen molar-refractivity contribution in [3.8, 4) is 0 Å². The molecule has 1 heterocycles. The number of hydrogen-bond donors (Lipinski definition) is 1. The first-order valence-corrected chi connectivity index (χ1v) is 8.05. The summed E-state index contributed by atoms with van der Waals surface area (Å²) < 4.78 is 0. The zero-order valence-corrected chi connectivity index (χ0v) is 14.7. The molecule has 0 bridgehead atoms. The van der Waals surface area contributed by atoms with Crippen molar-refractivity contribution in [3.05, 3.63) is 74.4 Å². The van der Waals surface area contributed by atoms with Gasteiger partial charge in [0, 0.05) is 17.8 Å². The van der Waals surface area contributed by atoms with Crippen LogP contribution in [0.2, 0.25) is 0 Å². The summed E-state index contributed by atoms with van der Waals surface area (Å²) in [6.45, 7) is 3.80. The zero-order valence-electron chi connectivity index (χ0n) is 13.9. The number of nitrogens with zero attached hydrogens (tertiary/aromatic N) is 2. The number of nitro benzene ring substituents is 1. The van der Waals surface area contributed by atoms with E-state index >= 15 is 0 Å². The van der Waals surface area contributed by atoms with Crippen LogP contribution < -0.4 is 10.2 Å². The minimum atomic E-state index is -0.732. The van der Waals surface area contributed by atoms with Gasteiger partial charge < -0.3 is 5.32 Å². The van der Waals surface area contributed by atoms with Crippen LogP contribution in [-0.2, 0) is 9.59 Å². The molecular weight excluding hydrogens is 358 g/mol. The number of carbonyl (C=O) groups is 2. The summed E-state index contributed by atoms with van der Waals surface area (Å²) in [5.74, 6) is -1.40. The topological polar surface area (TPSA) is 92.6 Å². The Morgan fingerprint density at radius 1 is 1.08 bits per heavy atom. The first-order chi connectivity index (χ1) is 12.3. The van der Waals surface area contributed by atoms with Crippen LogP contribution in [0.4, 0.5) is 17.1 Å². The van der Waals surface area contributed by atoms with E-state index in [2.05, 4.69) is 5.32 Å². The molecule has 0 saturated carbocycles. The van der Waals surface area contributed by atoms with E-state index in [1.165, 1.54) is 18.2 Å². The number of hydrogen-bond acceptors (Lipinski definition) is 5. The third kappa shape index (κ3) is 2.93. The third-order valence-corrected chi connectivity index (χ3v) is 4.54. The van der Waals surface area contributed by atoms with Crippen LogP contribution in [0.25, 0.3) is 0 Å². The fourth-order valence-corrected chi connectivity index (χ4v) is 2.83. The maximum atomic E-state index is 12.7. The normalized spacial score (nSPS) is 14.2. The highest BCUT2D eigenvalue weighted by Crippen LogP contribution is 2.32. The van der Waals surface area contributed by atoms with Gasteiger partial charge in [-0.05, 0) is 37.1 Å². The lowest BCUT2D eigenvalue weighted by atomic mass is 10.1. The van der Waals surface area contributed by atoms with E-state index in [1.54, 1.807) is 6.07 Å². The lowest BCUT2D eigenvalue weighted by Crippen LogP contribution is -2.32. The second-order valence-corrected chi connectivity index (χ2v) is 6.16. The highest BCUT2D eigenvalue weighted by atomic mass is 35.5. The van der Waals surface area contributed by atoms with E-state index in [-0.39, 0.29) is 22.1 Å². The van der Waals surface area contributed by atoms with Crippen molar-refractivity contribution in [1.29, 1.82) is 0 Å². The maximum Gasteiger partial charge on any atom is 0.283 e. The molecule has 0 spiro atoms. The fraction of sp³-hybridized carbons (Fsp3) is 0.111. The van der Waals surface area contributed by atoms with Crippen molar-refractivity contribution >= 4 is 40.5 Å². The number of nitrogens with one attached hydrogen (secondary N) is 1. The number of imide groups is 1. The van der Waals surface area contributed by atoms with Gasteiger partial charge in [0.05, 0.1) is 10.6 Å². The minimum Gasteiger partial charge on any atom is -0.349 e. The second-order valence-electron chi connectivity index (χ2n) is 5.78. The van der Waals surface area contributed by atoms with Gasteiger partial charge in [0.2, 0.25) is 0 Å². The number of benzene rings is 2. The molecule has 0 atom stereocenters. The van der Waals surface area contributed by atoms with Gasteiger partial charge in [-0.2, -0.15) is 0 Å². The average molecular weight is 372 g/mol. The standard InChI is InChI=1S/C18H14ClN3O4/c1-10-5-3-8-14(11(10)2)20-16-15(19)17(23)21(18(16)24)12-6-4-7-13(9-12)22(25)26/h3-9,20H,1-2H3. The maximum absolute atomic E-state index is 12.7. The Bertz CT molecular complexity index is 984. The van der Waals surface area contributed by atoms with Crippen LogP contribution in [0.3, 0.4) is 0 Å². The Balaban J connectivity index is 1.96. The van der Waals surface area contributed by atoms with Crippen molar-refractivity contribution in [1.82, 2.24) is 0 Å². The highest BCUT2D eigenvalue weighted by Gasteiger charge is 2.39. The zero-order chi connectivity index (χ0) is 19.0. The molecule has 3 rings (SSSR count). The molecule has 1 N–H and O–H groups in total. The number of amides is 2. The van der Waals surface area contributed by atoms with E-state index in [4.69, 9.17) is 11.6 Å². The number of carbonyl (C=O) groups excluding carboxylic acids is 2. The Kier molecular flexibility index (Phi) is 4.48. The van der Waals surface area contributed by atoms with Crippen molar-refractivity contribution in [2.45, 2.75) is 13.8 Å². The molecule has 2 amide bonds. The van der Waals surface area contributed by atoms with Gasteiger partial charge in [-0.1, -0.05) is 29.8 Å². The van der Waals surface area contributed by atoms with Crippen LogP contribution in [0.15, 0.2) is 53.2 Å². The average Bonchev–Trinajstić information content (AvgIpc) is 2.82. The summed E-state index contributed by atoms with van der Waals surface area (Å²) in [6.07, 6.45) is 0. The van der Waals surface area contributed by atoms with Gasteiger partial charge in [-0.15, -0.1) is 0 Å². The molecule has 0 aromatic heterocycles. The van der Waals surface area contributed by atoms with Crippen LogP contribution in [-0.4, -0.2) is 16.7 Å². The minimum absolute atomic E-state index is 0.0585. The quantitative estimate of drug-likeness (QED) is 0.503. The molecule has 0 unspecified atom stereocenters. The first-order valence-electron chi connectivity index (χ1n) is 7.67. The second kappa shape index (κ2) is 6.61. The van der Waals surface area contributed by atoms with E-state index in [9.17, 15) is 19.7 Å². The molecule has 26 heavy (non-hydrogen) atoms. The van der Waals surface area contributed by atoms with Crippen molar-refractivity contribution < 1.29 is 14.5 Å². The van der Waals surface area contributed by atoms with E-state index in [0.717, 1.165) is 22.1 Å². The Morgan fingerprint density at radius 3 is 2.46 bits per heavy atom. The molecule has 132 valence electrons. The molecule has 1 aliphatic rings. The monoisotopic (exact) mass is 371 g/mol. The van der Waals surface area contributed by atoms with Gasteiger partial charge >= 0.3 is 0 Å². The number of rotatable bonds is 4. The highest BCUT2D eigenvalue weighted by molar-refractivity contribution is 6.53. The molecule has 0 fully saturated rings. The lowest BCUT2D eigenvalue weighted by Gasteiger charge is -2.15. The van der Waals surface area contributed by atoms with Gasteiger partial charge in [-0.25, -0.2) is 4.90 Å². The summed E-state index contributed by atoms with van der Waals surface area (Å²) in [5, 5.41) is 13.6. The SMILES string of the molecule is Cc1cccc(NC2=C(Cl)C(=O)N(c3cccc([N+](=O)[O-])c3)C2=O)c1C. The summed E-state index contributed by atoms with van der Waals surface area (Å²) >= 11 is 6.08. The van der Waals surface area contributed by atoms with Crippen LogP contribution in [0, 0.1) is 24.0 Å². The van der Waals surface area contributed by atoms with Crippen LogP contribution >= 0.6 is 11.6 Å². The molecule has 2 aromatic rings. The number of aryl methyl sites for hydroxylation is 1.